The van der Waals surface area contributed by atoms with E-state index in [0.717, 1.165) is 77.0 Å². The van der Waals surface area contributed by atoms with Crippen molar-refractivity contribution in [3.8, 4) is 0 Å². The Morgan fingerprint density at radius 3 is 1.03 bits per heavy atom. The van der Waals surface area contributed by atoms with Gasteiger partial charge < -0.3 is 20.3 Å². The Bertz CT molecular complexity index is 1030. The quantitative estimate of drug-likeness (QED) is 0.0321. The largest absolute Gasteiger partial charge is 0.466 e. The third kappa shape index (κ3) is 55.8. The van der Waals surface area contributed by atoms with E-state index in [1.807, 2.05) is 0 Å². The molecule has 410 valence electrons. The number of hydrogen-bond donors (Lipinski definition) is 3. The van der Waals surface area contributed by atoms with Crippen molar-refractivity contribution in [3.63, 3.8) is 0 Å². The predicted molar refractivity (Wildman–Crippen MR) is 301 cm³/mol. The molecule has 0 aromatic carbocycles. The van der Waals surface area contributed by atoms with Crippen LogP contribution in [0.15, 0.2) is 12.2 Å². The standard InChI is InChI=1S/C63H123NO5/c1-3-5-7-9-11-13-15-17-19-21-23-24-25-26-27-29-31-35-39-43-47-51-55-61(66)60(59-65)64-62(67)56-52-48-44-40-36-33-34-38-42-46-50-54-58-69-63(68)57-53-49-45-41-37-32-30-28-22-20-18-16-14-12-10-8-6-4-2/h34,38,60-61,65-66H,3-33,35-37,39-59H2,1-2H3,(H,64,67)/b38-34-. The lowest BCUT2D eigenvalue weighted by Gasteiger charge is -2.22. The highest BCUT2D eigenvalue weighted by molar-refractivity contribution is 5.76. The molecule has 0 aliphatic carbocycles. The van der Waals surface area contributed by atoms with Gasteiger partial charge in [-0.2, -0.15) is 0 Å². The van der Waals surface area contributed by atoms with E-state index in [4.69, 9.17) is 4.74 Å². The molecule has 0 aliphatic rings. The highest BCUT2D eigenvalue weighted by Gasteiger charge is 2.20. The van der Waals surface area contributed by atoms with Gasteiger partial charge in [0.1, 0.15) is 0 Å². The fraction of sp³-hybridized carbons (Fsp3) is 0.937. The molecule has 69 heavy (non-hydrogen) atoms. The second-order valence-electron chi connectivity index (χ2n) is 21.7. The number of carbonyl (C=O) groups excluding carboxylic acids is 2. The van der Waals surface area contributed by atoms with Crippen molar-refractivity contribution in [2.75, 3.05) is 13.2 Å². The van der Waals surface area contributed by atoms with Gasteiger partial charge in [0.2, 0.25) is 5.91 Å². The predicted octanol–water partition coefficient (Wildman–Crippen LogP) is 19.6. The van der Waals surface area contributed by atoms with Crippen molar-refractivity contribution in [3.05, 3.63) is 12.2 Å². The Morgan fingerprint density at radius 2 is 0.681 bits per heavy atom. The molecule has 6 nitrogen and oxygen atoms in total. The number of aliphatic hydroxyl groups is 2. The lowest BCUT2D eigenvalue weighted by molar-refractivity contribution is -0.143. The maximum Gasteiger partial charge on any atom is 0.305 e. The molecule has 0 spiro atoms. The SMILES string of the molecule is CCCCCCCCCCCCCCCCCCCCCCCCC(O)C(CO)NC(=O)CCCCCCC/C=C\CCCCCOC(=O)CCCCCCCCCCCCCCCCCCCC. The van der Waals surface area contributed by atoms with Crippen molar-refractivity contribution >= 4 is 11.9 Å². The number of esters is 1. The van der Waals surface area contributed by atoms with Crippen LogP contribution in [-0.2, 0) is 14.3 Å². The van der Waals surface area contributed by atoms with Gasteiger partial charge in [-0.05, 0) is 57.8 Å². The maximum atomic E-state index is 12.5. The molecular formula is C63H123NO5. The number of ether oxygens (including phenoxy) is 1. The molecular weight excluding hydrogens is 851 g/mol. The number of nitrogens with one attached hydrogen (secondary N) is 1. The van der Waals surface area contributed by atoms with Crippen LogP contribution >= 0.6 is 0 Å². The molecule has 0 aromatic heterocycles. The van der Waals surface area contributed by atoms with Crippen LogP contribution in [0, 0.1) is 0 Å². The van der Waals surface area contributed by atoms with E-state index in [1.54, 1.807) is 0 Å². The van der Waals surface area contributed by atoms with Gasteiger partial charge in [0.25, 0.3) is 0 Å². The summed E-state index contributed by atoms with van der Waals surface area (Å²) in [4.78, 5) is 24.6. The number of carbonyl (C=O) groups is 2. The van der Waals surface area contributed by atoms with Gasteiger partial charge in [0.05, 0.1) is 25.4 Å². The second kappa shape index (κ2) is 59.2. The number of amides is 1. The zero-order valence-corrected chi connectivity index (χ0v) is 46.8. The molecule has 0 radical (unpaired) electrons. The summed E-state index contributed by atoms with van der Waals surface area (Å²) in [6.07, 6.45) is 70.8. The van der Waals surface area contributed by atoms with Crippen LogP contribution < -0.4 is 5.32 Å². The topological polar surface area (TPSA) is 95.9 Å². The van der Waals surface area contributed by atoms with E-state index in [2.05, 4.69) is 31.3 Å². The summed E-state index contributed by atoms with van der Waals surface area (Å²) >= 11 is 0. The van der Waals surface area contributed by atoms with E-state index in [-0.39, 0.29) is 18.5 Å². The highest BCUT2D eigenvalue weighted by atomic mass is 16.5. The van der Waals surface area contributed by atoms with Crippen molar-refractivity contribution in [2.45, 2.75) is 366 Å². The third-order valence-electron chi connectivity index (χ3n) is 14.8. The van der Waals surface area contributed by atoms with E-state index >= 15 is 0 Å². The molecule has 0 fully saturated rings. The van der Waals surface area contributed by atoms with Crippen LogP contribution in [0.25, 0.3) is 0 Å². The average Bonchev–Trinajstić information content (AvgIpc) is 3.35. The van der Waals surface area contributed by atoms with Crippen LogP contribution in [0.4, 0.5) is 0 Å². The molecule has 1 amide bonds. The van der Waals surface area contributed by atoms with Gasteiger partial charge >= 0.3 is 5.97 Å². The average molecular weight is 975 g/mol. The zero-order valence-electron chi connectivity index (χ0n) is 46.8. The molecule has 0 saturated carbocycles. The molecule has 0 aliphatic heterocycles. The van der Waals surface area contributed by atoms with Crippen LogP contribution in [-0.4, -0.2) is 47.4 Å². The first-order chi connectivity index (χ1) is 34.0. The van der Waals surface area contributed by atoms with Crippen LogP contribution in [0.1, 0.15) is 354 Å². The fourth-order valence-corrected chi connectivity index (χ4v) is 9.99. The molecule has 2 atom stereocenters. The van der Waals surface area contributed by atoms with E-state index in [9.17, 15) is 19.8 Å². The Hall–Kier alpha value is -1.40. The van der Waals surface area contributed by atoms with Gasteiger partial charge in [-0.3, -0.25) is 9.59 Å². The molecule has 0 aromatic rings. The molecule has 0 rings (SSSR count). The summed E-state index contributed by atoms with van der Waals surface area (Å²) in [6.45, 7) is 4.93. The van der Waals surface area contributed by atoms with Crippen molar-refractivity contribution in [1.82, 2.24) is 5.32 Å². The minimum atomic E-state index is -0.681. The maximum absolute atomic E-state index is 12.5. The van der Waals surface area contributed by atoms with Crippen LogP contribution in [0.3, 0.4) is 0 Å². The number of rotatable bonds is 59. The van der Waals surface area contributed by atoms with E-state index < -0.39 is 12.1 Å². The Morgan fingerprint density at radius 1 is 0.391 bits per heavy atom. The first kappa shape index (κ1) is 67.6. The van der Waals surface area contributed by atoms with Gasteiger partial charge in [-0.15, -0.1) is 0 Å². The molecule has 0 saturated heterocycles. The number of aliphatic hydroxyl groups excluding tert-OH is 2. The van der Waals surface area contributed by atoms with Crippen LogP contribution in [0.5, 0.6) is 0 Å². The minimum absolute atomic E-state index is 0.0170. The Kier molecular flexibility index (Phi) is 58.0. The minimum Gasteiger partial charge on any atom is -0.466 e. The molecule has 6 heteroatoms. The normalized spacial score (nSPS) is 12.6. The van der Waals surface area contributed by atoms with E-state index in [0.29, 0.717) is 25.9 Å². The van der Waals surface area contributed by atoms with Gasteiger partial charge in [-0.25, -0.2) is 0 Å². The van der Waals surface area contributed by atoms with Gasteiger partial charge in [0, 0.05) is 12.8 Å². The summed E-state index contributed by atoms with van der Waals surface area (Å²) in [5, 5.41) is 23.4. The summed E-state index contributed by atoms with van der Waals surface area (Å²) in [5.41, 5.74) is 0. The monoisotopic (exact) mass is 974 g/mol. The summed E-state index contributed by atoms with van der Waals surface area (Å²) in [7, 11) is 0. The molecule has 0 heterocycles. The number of unbranched alkanes of at least 4 members (excludes halogenated alkanes) is 46. The number of hydrogen-bond acceptors (Lipinski definition) is 5. The summed E-state index contributed by atoms with van der Waals surface area (Å²) in [5.74, 6) is -0.0734. The molecule has 2 unspecified atom stereocenters. The highest BCUT2D eigenvalue weighted by Crippen LogP contribution is 2.18. The van der Waals surface area contributed by atoms with Crippen molar-refractivity contribution in [1.29, 1.82) is 0 Å². The number of allylic oxidation sites excluding steroid dienone is 2. The van der Waals surface area contributed by atoms with Crippen molar-refractivity contribution < 1.29 is 24.5 Å². The summed E-state index contributed by atoms with van der Waals surface area (Å²) < 4.78 is 5.47. The smallest absolute Gasteiger partial charge is 0.305 e. The fourth-order valence-electron chi connectivity index (χ4n) is 9.99. The molecule has 0 bridgehead atoms. The second-order valence-corrected chi connectivity index (χ2v) is 21.7. The van der Waals surface area contributed by atoms with Gasteiger partial charge in [0.15, 0.2) is 0 Å². The zero-order chi connectivity index (χ0) is 50.0. The van der Waals surface area contributed by atoms with E-state index in [1.165, 1.54) is 244 Å². The Balaban J connectivity index is 3.46. The van der Waals surface area contributed by atoms with Crippen LogP contribution in [0.2, 0.25) is 0 Å². The first-order valence-electron chi connectivity index (χ1n) is 31.4. The lowest BCUT2D eigenvalue weighted by atomic mass is 10.0. The Labute approximate surface area is 431 Å². The summed E-state index contributed by atoms with van der Waals surface area (Å²) in [6, 6.07) is -0.560. The third-order valence-corrected chi connectivity index (χ3v) is 14.8. The first-order valence-corrected chi connectivity index (χ1v) is 31.4. The van der Waals surface area contributed by atoms with Gasteiger partial charge in [-0.1, -0.05) is 296 Å². The lowest BCUT2D eigenvalue weighted by Crippen LogP contribution is -2.45. The molecule has 3 N–H and O–H groups in total. The van der Waals surface area contributed by atoms with Crippen molar-refractivity contribution in [2.24, 2.45) is 0 Å².